The van der Waals surface area contributed by atoms with Crippen molar-refractivity contribution in [3.05, 3.63) is 215 Å². The Bertz CT molecular complexity index is 3380. The van der Waals surface area contributed by atoms with Crippen LogP contribution in [-0.4, -0.2) is 9.97 Å². The van der Waals surface area contributed by atoms with Gasteiger partial charge in [-0.15, -0.1) is 11.3 Å². The van der Waals surface area contributed by atoms with Crippen LogP contribution in [0.3, 0.4) is 0 Å². The molecule has 276 valence electrons. The van der Waals surface area contributed by atoms with E-state index in [0.717, 1.165) is 33.9 Å². The first-order valence-corrected chi connectivity index (χ1v) is 21.3. The van der Waals surface area contributed by atoms with Crippen LogP contribution in [0.5, 0.6) is 0 Å². The Kier molecular flexibility index (Phi) is 6.62. The van der Waals surface area contributed by atoms with Crippen LogP contribution in [-0.2, 0) is 10.8 Å². The maximum atomic E-state index is 5.72. The molecule has 0 saturated heterocycles. The summed E-state index contributed by atoms with van der Waals surface area (Å²) in [5.74, 6) is 0.740. The summed E-state index contributed by atoms with van der Waals surface area (Å²) in [7, 11) is 0. The normalized spacial score (nSPS) is 14.5. The van der Waals surface area contributed by atoms with E-state index in [9.17, 15) is 0 Å². The van der Waals surface area contributed by atoms with Crippen LogP contribution in [0.25, 0.3) is 87.5 Å². The fourth-order valence-corrected chi connectivity index (χ4v) is 12.3. The standard InChI is InChI=1S/C56H36N2S/c1-55(2)43-26-8-6-20-39(43)51-40(23-15-30-47(51)55)48-32-49(41-24-14-22-38-36-19-7-12-31-50(36)59-53(38)41)58-54(57-48)42-25-13-21-37-35-18-5-11-29-46(35)56(52(37)42)44-27-9-3-16-33(44)34-17-4-10-28-45(34)56/h3-32H,1-2H3. The third-order valence-electron chi connectivity index (χ3n) is 13.5. The number of rotatable bonds is 3. The molecule has 2 heterocycles. The minimum absolute atomic E-state index is 0.134. The summed E-state index contributed by atoms with van der Waals surface area (Å²) in [5, 5.41) is 2.54. The second-order valence-electron chi connectivity index (χ2n) is 16.8. The van der Waals surface area contributed by atoms with Crippen molar-refractivity contribution in [1.29, 1.82) is 0 Å². The Morgan fingerprint density at radius 1 is 0.390 bits per heavy atom. The van der Waals surface area contributed by atoms with Gasteiger partial charge in [0.25, 0.3) is 0 Å². The van der Waals surface area contributed by atoms with Crippen molar-refractivity contribution in [3.8, 4) is 67.3 Å². The molecule has 3 aliphatic carbocycles. The summed E-state index contributed by atoms with van der Waals surface area (Å²) < 4.78 is 2.53. The molecule has 3 aliphatic rings. The second kappa shape index (κ2) is 11.8. The van der Waals surface area contributed by atoms with Crippen molar-refractivity contribution in [2.24, 2.45) is 0 Å². The van der Waals surface area contributed by atoms with Crippen LogP contribution in [0.2, 0.25) is 0 Å². The lowest BCUT2D eigenvalue weighted by Crippen LogP contribution is -2.26. The van der Waals surface area contributed by atoms with Gasteiger partial charge >= 0.3 is 0 Å². The molecule has 2 nitrogen and oxygen atoms in total. The molecule has 10 aromatic rings. The van der Waals surface area contributed by atoms with E-state index in [1.807, 2.05) is 11.3 Å². The van der Waals surface area contributed by atoms with Crippen molar-refractivity contribution >= 4 is 31.5 Å². The highest BCUT2D eigenvalue weighted by Gasteiger charge is 2.53. The average molecular weight is 769 g/mol. The van der Waals surface area contributed by atoms with Gasteiger partial charge in [-0.05, 0) is 78.9 Å². The monoisotopic (exact) mass is 768 g/mol. The molecule has 0 aliphatic heterocycles. The lowest BCUT2D eigenvalue weighted by Gasteiger charge is -2.32. The third kappa shape index (κ3) is 4.25. The van der Waals surface area contributed by atoms with E-state index in [2.05, 4.69) is 196 Å². The lowest BCUT2D eigenvalue weighted by molar-refractivity contribution is 0.660. The predicted octanol–water partition coefficient (Wildman–Crippen LogP) is 14.5. The molecule has 59 heavy (non-hydrogen) atoms. The average Bonchev–Trinajstić information content (AvgIpc) is 3.99. The molecular formula is C56H36N2S. The topological polar surface area (TPSA) is 25.8 Å². The fourth-order valence-electron chi connectivity index (χ4n) is 11.1. The van der Waals surface area contributed by atoms with Gasteiger partial charge in [-0.1, -0.05) is 184 Å². The van der Waals surface area contributed by atoms with Gasteiger partial charge in [0.05, 0.1) is 16.8 Å². The second-order valence-corrected chi connectivity index (χ2v) is 17.8. The summed E-state index contributed by atoms with van der Waals surface area (Å²) in [6.07, 6.45) is 0. The van der Waals surface area contributed by atoms with Gasteiger partial charge in [0, 0.05) is 42.3 Å². The number of hydrogen-bond donors (Lipinski definition) is 0. The first-order chi connectivity index (χ1) is 29.0. The molecule has 0 atom stereocenters. The molecule has 0 unspecified atom stereocenters. The summed E-state index contributed by atoms with van der Waals surface area (Å²) in [6, 6.07) is 67.2. The van der Waals surface area contributed by atoms with Crippen molar-refractivity contribution in [1.82, 2.24) is 9.97 Å². The van der Waals surface area contributed by atoms with Crippen molar-refractivity contribution in [3.63, 3.8) is 0 Å². The molecule has 0 fully saturated rings. The van der Waals surface area contributed by atoms with Gasteiger partial charge in [0.15, 0.2) is 5.82 Å². The van der Waals surface area contributed by atoms with Crippen molar-refractivity contribution in [2.75, 3.05) is 0 Å². The smallest absolute Gasteiger partial charge is 0.160 e. The Labute approximate surface area is 347 Å². The third-order valence-corrected chi connectivity index (χ3v) is 14.8. The molecular weight excluding hydrogens is 733 g/mol. The van der Waals surface area contributed by atoms with Crippen LogP contribution in [0.1, 0.15) is 47.2 Å². The number of fused-ring (bicyclic) bond motifs is 16. The molecule has 13 rings (SSSR count). The fraction of sp³-hybridized carbons (Fsp3) is 0.0714. The number of thiophene rings is 1. The van der Waals surface area contributed by atoms with Gasteiger partial charge in [0.1, 0.15) is 0 Å². The van der Waals surface area contributed by atoms with Crippen LogP contribution >= 0.6 is 11.3 Å². The summed E-state index contributed by atoms with van der Waals surface area (Å²) in [5.41, 5.74) is 20.0. The van der Waals surface area contributed by atoms with E-state index >= 15 is 0 Å². The van der Waals surface area contributed by atoms with Crippen LogP contribution < -0.4 is 0 Å². The van der Waals surface area contributed by atoms with Gasteiger partial charge in [-0.3, -0.25) is 0 Å². The molecule has 0 N–H and O–H groups in total. The Hall–Kier alpha value is -6.94. The number of benzene rings is 8. The van der Waals surface area contributed by atoms with Crippen LogP contribution in [0, 0.1) is 0 Å². The van der Waals surface area contributed by atoms with Gasteiger partial charge in [0.2, 0.25) is 0 Å². The van der Waals surface area contributed by atoms with Crippen LogP contribution in [0.4, 0.5) is 0 Å². The zero-order valence-corrected chi connectivity index (χ0v) is 33.4. The summed E-state index contributed by atoms with van der Waals surface area (Å²) in [4.78, 5) is 11.4. The molecule has 2 aromatic heterocycles. The van der Waals surface area contributed by atoms with Gasteiger partial charge in [-0.2, -0.15) is 0 Å². The van der Waals surface area contributed by atoms with E-state index < -0.39 is 5.41 Å². The van der Waals surface area contributed by atoms with Crippen molar-refractivity contribution < 1.29 is 0 Å². The largest absolute Gasteiger partial charge is 0.228 e. The Morgan fingerprint density at radius 2 is 0.864 bits per heavy atom. The molecule has 0 bridgehead atoms. The highest BCUT2D eigenvalue weighted by Crippen LogP contribution is 2.64. The first-order valence-electron chi connectivity index (χ1n) is 20.5. The van der Waals surface area contributed by atoms with E-state index in [0.29, 0.717) is 0 Å². The van der Waals surface area contributed by atoms with E-state index in [-0.39, 0.29) is 5.41 Å². The first kappa shape index (κ1) is 33.1. The maximum absolute atomic E-state index is 5.72. The highest BCUT2D eigenvalue weighted by molar-refractivity contribution is 7.26. The number of aromatic nitrogens is 2. The summed E-state index contributed by atoms with van der Waals surface area (Å²) >= 11 is 1.85. The van der Waals surface area contributed by atoms with Crippen molar-refractivity contribution in [2.45, 2.75) is 24.7 Å². The molecule has 3 heteroatoms. The molecule has 0 amide bonds. The van der Waals surface area contributed by atoms with E-state index in [1.54, 1.807) is 0 Å². The lowest BCUT2D eigenvalue weighted by atomic mass is 9.69. The maximum Gasteiger partial charge on any atom is 0.160 e. The Balaban J connectivity index is 1.15. The van der Waals surface area contributed by atoms with Crippen LogP contribution in [0.15, 0.2) is 182 Å². The van der Waals surface area contributed by atoms with E-state index in [4.69, 9.17) is 9.97 Å². The molecule has 1 spiro atoms. The number of hydrogen-bond acceptors (Lipinski definition) is 3. The van der Waals surface area contributed by atoms with E-state index in [1.165, 1.54) is 86.9 Å². The minimum Gasteiger partial charge on any atom is -0.228 e. The quantitative estimate of drug-likeness (QED) is 0.179. The summed E-state index contributed by atoms with van der Waals surface area (Å²) in [6.45, 7) is 4.70. The highest BCUT2D eigenvalue weighted by atomic mass is 32.1. The predicted molar refractivity (Wildman–Crippen MR) is 245 cm³/mol. The Morgan fingerprint density at radius 3 is 1.59 bits per heavy atom. The molecule has 0 radical (unpaired) electrons. The number of nitrogens with zero attached hydrogens (tertiary/aromatic N) is 2. The van der Waals surface area contributed by atoms with Gasteiger partial charge < -0.3 is 0 Å². The van der Waals surface area contributed by atoms with Gasteiger partial charge in [-0.25, -0.2) is 9.97 Å². The minimum atomic E-state index is -0.530. The molecule has 8 aromatic carbocycles. The zero-order valence-electron chi connectivity index (χ0n) is 32.6. The SMILES string of the molecule is CC1(C)c2ccccc2-c2c(-c3cc(-c4cccc5c4sc4ccccc45)nc(-c4cccc5c4C4(c6ccccc6-c6ccccc64)c4ccccc4-5)n3)cccc21. The molecule has 0 saturated carbocycles. The zero-order chi connectivity index (χ0) is 39.0.